The van der Waals surface area contributed by atoms with Gasteiger partial charge in [-0.15, -0.1) is 0 Å². The van der Waals surface area contributed by atoms with Crippen LogP contribution in [0, 0.1) is 0 Å². The van der Waals surface area contributed by atoms with Gasteiger partial charge in [0.25, 0.3) is 0 Å². The molecule has 0 saturated heterocycles. The Morgan fingerprint density at radius 3 is 2.81 bits per heavy atom. The lowest BCUT2D eigenvalue weighted by atomic mass is 9.85. The zero-order chi connectivity index (χ0) is 18.4. The van der Waals surface area contributed by atoms with Crippen LogP contribution in [0.2, 0.25) is 0 Å². The van der Waals surface area contributed by atoms with Crippen LogP contribution in [0.25, 0.3) is 6.08 Å². The molecule has 0 amide bonds. The number of benzene rings is 2. The molecule has 0 heterocycles. The van der Waals surface area contributed by atoms with Crippen molar-refractivity contribution in [1.29, 1.82) is 0 Å². The van der Waals surface area contributed by atoms with E-state index in [4.69, 9.17) is 4.74 Å². The van der Waals surface area contributed by atoms with E-state index in [0.717, 1.165) is 24.8 Å². The molecule has 1 N–H and O–H groups in total. The summed E-state index contributed by atoms with van der Waals surface area (Å²) in [5.41, 5.74) is 5.19. The number of carbonyl (C=O) groups excluding carboxylic acids is 1. The van der Waals surface area contributed by atoms with Gasteiger partial charge in [-0.2, -0.15) is 0 Å². The highest BCUT2D eigenvalue weighted by Gasteiger charge is 2.21. The predicted octanol–water partition coefficient (Wildman–Crippen LogP) is 4.47. The second-order valence-corrected chi connectivity index (χ2v) is 6.81. The third kappa shape index (κ3) is 4.61. The summed E-state index contributed by atoms with van der Waals surface area (Å²) in [4.78, 5) is 11.6. The minimum Gasteiger partial charge on any atom is -0.463 e. The summed E-state index contributed by atoms with van der Waals surface area (Å²) in [7, 11) is 0. The van der Waals surface area contributed by atoms with Crippen LogP contribution in [0.1, 0.15) is 48.6 Å². The van der Waals surface area contributed by atoms with E-state index in [1.165, 1.54) is 22.8 Å². The summed E-state index contributed by atoms with van der Waals surface area (Å²) in [5.74, 6) is -0.280. The van der Waals surface area contributed by atoms with E-state index in [9.17, 15) is 4.79 Å². The van der Waals surface area contributed by atoms with Crippen LogP contribution in [-0.4, -0.2) is 18.6 Å². The monoisotopic (exact) mass is 349 g/mol. The Labute approximate surface area is 156 Å². The van der Waals surface area contributed by atoms with E-state index in [-0.39, 0.29) is 5.97 Å². The largest absolute Gasteiger partial charge is 0.463 e. The third-order valence-electron chi connectivity index (χ3n) is 4.99. The molecule has 0 radical (unpaired) electrons. The fourth-order valence-corrected chi connectivity index (χ4v) is 3.67. The minimum atomic E-state index is -0.280. The van der Waals surface area contributed by atoms with Crippen molar-refractivity contribution in [2.45, 2.75) is 45.2 Å². The third-order valence-corrected chi connectivity index (χ3v) is 4.99. The van der Waals surface area contributed by atoms with E-state index in [1.54, 1.807) is 0 Å². The highest BCUT2D eigenvalue weighted by molar-refractivity contribution is 5.87. The first-order valence-corrected chi connectivity index (χ1v) is 9.44. The highest BCUT2D eigenvalue weighted by atomic mass is 16.5. The molecule has 2 aromatic rings. The second-order valence-electron chi connectivity index (χ2n) is 6.81. The number of carbonyl (C=O) groups is 1. The van der Waals surface area contributed by atoms with Crippen LogP contribution in [0.5, 0.6) is 0 Å². The maximum absolute atomic E-state index is 11.6. The van der Waals surface area contributed by atoms with E-state index in [0.29, 0.717) is 18.7 Å². The molecule has 2 aromatic carbocycles. The van der Waals surface area contributed by atoms with E-state index >= 15 is 0 Å². The standard InChI is InChI=1S/C23H27NO2/c1-3-26-23(25)15-12-19-10-7-11-20-16-21(13-14-22(19)20)24-17(2)18-8-5-4-6-9-18/h4-12,15,17,21,24H,3,13-14,16H2,1-2H3/b15-12+/t17-,21-/m1/s1. The number of hydrogen-bond donors (Lipinski definition) is 1. The van der Waals surface area contributed by atoms with Gasteiger partial charge in [0.15, 0.2) is 0 Å². The van der Waals surface area contributed by atoms with E-state index < -0.39 is 0 Å². The van der Waals surface area contributed by atoms with Crippen LogP contribution in [0.4, 0.5) is 0 Å². The van der Waals surface area contributed by atoms with Gasteiger partial charge >= 0.3 is 5.97 Å². The Balaban J connectivity index is 1.67. The van der Waals surface area contributed by atoms with Gasteiger partial charge in [-0.25, -0.2) is 4.79 Å². The Bertz CT molecular complexity index is 767. The average molecular weight is 349 g/mol. The summed E-state index contributed by atoms with van der Waals surface area (Å²) in [6, 6.07) is 17.8. The lowest BCUT2D eigenvalue weighted by Crippen LogP contribution is -2.36. The van der Waals surface area contributed by atoms with Gasteiger partial charge in [0.1, 0.15) is 0 Å². The number of hydrogen-bond acceptors (Lipinski definition) is 3. The van der Waals surface area contributed by atoms with Gasteiger partial charge < -0.3 is 10.1 Å². The smallest absolute Gasteiger partial charge is 0.330 e. The van der Waals surface area contributed by atoms with Gasteiger partial charge in [-0.05, 0) is 61.4 Å². The number of nitrogens with one attached hydrogen (secondary N) is 1. The molecule has 0 aliphatic heterocycles. The Morgan fingerprint density at radius 1 is 1.23 bits per heavy atom. The van der Waals surface area contributed by atoms with Gasteiger partial charge in [-0.3, -0.25) is 0 Å². The maximum Gasteiger partial charge on any atom is 0.330 e. The van der Waals surface area contributed by atoms with Gasteiger partial charge in [0.05, 0.1) is 6.61 Å². The topological polar surface area (TPSA) is 38.3 Å². The second kappa shape index (κ2) is 8.81. The fourth-order valence-electron chi connectivity index (χ4n) is 3.67. The summed E-state index contributed by atoms with van der Waals surface area (Å²) >= 11 is 0. The molecule has 1 aliphatic rings. The molecule has 0 spiro atoms. The van der Waals surface area contributed by atoms with Crippen molar-refractivity contribution >= 4 is 12.0 Å². The Morgan fingerprint density at radius 2 is 2.04 bits per heavy atom. The zero-order valence-corrected chi connectivity index (χ0v) is 15.6. The molecular formula is C23H27NO2. The van der Waals surface area contributed by atoms with Crippen LogP contribution in [0.15, 0.2) is 54.6 Å². The molecule has 26 heavy (non-hydrogen) atoms. The first-order chi connectivity index (χ1) is 12.7. The minimum absolute atomic E-state index is 0.280. The predicted molar refractivity (Wildman–Crippen MR) is 106 cm³/mol. The molecule has 1 aliphatic carbocycles. The molecule has 3 rings (SSSR count). The van der Waals surface area contributed by atoms with Crippen molar-refractivity contribution in [2.75, 3.05) is 6.61 Å². The summed E-state index contributed by atoms with van der Waals surface area (Å²) in [6.45, 7) is 4.45. The van der Waals surface area contributed by atoms with Crippen molar-refractivity contribution in [3.63, 3.8) is 0 Å². The van der Waals surface area contributed by atoms with E-state index in [1.807, 2.05) is 13.0 Å². The van der Waals surface area contributed by atoms with Crippen LogP contribution in [-0.2, 0) is 22.4 Å². The summed E-state index contributed by atoms with van der Waals surface area (Å²) in [6.07, 6.45) is 6.57. The SMILES string of the molecule is CCOC(=O)/C=C/c1cccc2c1CC[C@@H](N[C@H](C)c1ccccc1)C2. The molecule has 3 nitrogen and oxygen atoms in total. The quantitative estimate of drug-likeness (QED) is 0.618. The fraction of sp³-hybridized carbons (Fsp3) is 0.348. The number of rotatable bonds is 6. The van der Waals surface area contributed by atoms with Crippen LogP contribution < -0.4 is 5.32 Å². The van der Waals surface area contributed by atoms with Crippen LogP contribution >= 0.6 is 0 Å². The van der Waals surface area contributed by atoms with Crippen molar-refractivity contribution in [2.24, 2.45) is 0 Å². The Kier molecular flexibility index (Phi) is 6.24. The number of esters is 1. The highest BCUT2D eigenvalue weighted by Crippen LogP contribution is 2.27. The molecule has 3 heteroatoms. The molecule has 136 valence electrons. The van der Waals surface area contributed by atoms with Gasteiger partial charge in [0, 0.05) is 18.2 Å². The number of ether oxygens (including phenoxy) is 1. The molecule has 0 fully saturated rings. The molecule has 0 bridgehead atoms. The summed E-state index contributed by atoms with van der Waals surface area (Å²) < 4.78 is 4.97. The maximum atomic E-state index is 11.6. The molecular weight excluding hydrogens is 322 g/mol. The van der Waals surface area contributed by atoms with Crippen molar-refractivity contribution in [3.8, 4) is 0 Å². The lowest BCUT2D eigenvalue weighted by Gasteiger charge is -2.29. The number of fused-ring (bicyclic) bond motifs is 1. The molecule has 0 unspecified atom stereocenters. The van der Waals surface area contributed by atoms with Crippen molar-refractivity contribution in [3.05, 3.63) is 76.9 Å². The zero-order valence-electron chi connectivity index (χ0n) is 15.6. The van der Waals surface area contributed by atoms with Crippen molar-refractivity contribution < 1.29 is 9.53 Å². The van der Waals surface area contributed by atoms with E-state index in [2.05, 4.69) is 60.8 Å². The Hall–Kier alpha value is -2.39. The molecule has 0 aromatic heterocycles. The summed E-state index contributed by atoms with van der Waals surface area (Å²) in [5, 5.41) is 3.77. The average Bonchev–Trinajstić information content (AvgIpc) is 2.67. The first kappa shape index (κ1) is 18.4. The lowest BCUT2D eigenvalue weighted by molar-refractivity contribution is -0.137. The normalized spacial score (nSPS) is 17.7. The first-order valence-electron chi connectivity index (χ1n) is 9.44. The van der Waals surface area contributed by atoms with Gasteiger partial charge in [0.2, 0.25) is 0 Å². The van der Waals surface area contributed by atoms with Crippen molar-refractivity contribution in [1.82, 2.24) is 5.32 Å². The molecule has 2 atom stereocenters. The molecule has 0 saturated carbocycles. The van der Waals surface area contributed by atoms with Gasteiger partial charge in [-0.1, -0.05) is 48.5 Å². The van der Waals surface area contributed by atoms with Crippen LogP contribution in [0.3, 0.4) is 0 Å².